The summed E-state index contributed by atoms with van der Waals surface area (Å²) in [7, 11) is 0. The third kappa shape index (κ3) is 1.78. The summed E-state index contributed by atoms with van der Waals surface area (Å²) in [5.41, 5.74) is 5.86. The van der Waals surface area contributed by atoms with Gasteiger partial charge in [-0.2, -0.15) is 9.61 Å². The minimum atomic E-state index is -0.473. The lowest BCUT2D eigenvalue weighted by molar-refractivity contribution is 0.103. The van der Waals surface area contributed by atoms with Crippen molar-refractivity contribution in [1.29, 1.82) is 0 Å². The third-order valence-corrected chi connectivity index (χ3v) is 4.83. The third-order valence-electron chi connectivity index (χ3n) is 3.71. The molecular formula is C11H15N5O2S. The Bertz CT molecular complexity index is 597. The van der Waals surface area contributed by atoms with Gasteiger partial charge < -0.3 is 15.2 Å². The van der Waals surface area contributed by atoms with E-state index < -0.39 is 5.54 Å². The Labute approximate surface area is 113 Å². The molecule has 8 heteroatoms. The molecule has 2 fully saturated rings. The van der Waals surface area contributed by atoms with E-state index in [4.69, 9.17) is 15.2 Å². The van der Waals surface area contributed by atoms with Crippen molar-refractivity contribution in [1.82, 2.24) is 19.8 Å². The van der Waals surface area contributed by atoms with Gasteiger partial charge in [0.2, 0.25) is 4.96 Å². The summed E-state index contributed by atoms with van der Waals surface area (Å²) in [5, 5.41) is 13.8. The number of nitrogens with two attached hydrogens (primary N) is 1. The van der Waals surface area contributed by atoms with Gasteiger partial charge in [0.05, 0.1) is 12.1 Å². The fraction of sp³-hybridized carbons (Fsp3) is 0.727. The molecule has 0 radical (unpaired) electrons. The molecule has 2 aromatic rings. The van der Waals surface area contributed by atoms with Crippen molar-refractivity contribution in [3.05, 3.63) is 10.8 Å². The summed E-state index contributed by atoms with van der Waals surface area (Å²) in [6.07, 6.45) is 2.85. The SMILES string of the molecule is NC1(c2nn3c(C4CCCO4)nnc3s2)CCOC1. The Morgan fingerprint density at radius 3 is 3.05 bits per heavy atom. The molecule has 7 nitrogen and oxygen atoms in total. The van der Waals surface area contributed by atoms with Crippen molar-refractivity contribution in [2.24, 2.45) is 5.73 Å². The van der Waals surface area contributed by atoms with Crippen LogP contribution in [0.2, 0.25) is 0 Å². The molecule has 4 rings (SSSR count). The summed E-state index contributed by atoms with van der Waals surface area (Å²) >= 11 is 1.49. The van der Waals surface area contributed by atoms with E-state index >= 15 is 0 Å². The summed E-state index contributed by atoms with van der Waals surface area (Å²) in [5.74, 6) is 0.789. The van der Waals surface area contributed by atoms with Crippen LogP contribution in [0.25, 0.3) is 4.96 Å². The van der Waals surface area contributed by atoms with Gasteiger partial charge in [0.15, 0.2) is 5.82 Å². The molecule has 2 aliphatic rings. The van der Waals surface area contributed by atoms with Gasteiger partial charge in [0.25, 0.3) is 0 Å². The first kappa shape index (κ1) is 11.7. The molecule has 4 heterocycles. The molecule has 0 bridgehead atoms. The standard InChI is InChI=1S/C11H15N5O2S/c12-11(3-5-17-6-11)9-15-16-8(7-2-1-4-18-7)13-14-10(16)19-9/h7H,1-6,12H2. The average Bonchev–Trinajstić information content (AvgIpc) is 3.12. The first-order chi connectivity index (χ1) is 9.26. The molecule has 2 aromatic heterocycles. The topological polar surface area (TPSA) is 87.6 Å². The van der Waals surface area contributed by atoms with Crippen LogP contribution in [0.5, 0.6) is 0 Å². The van der Waals surface area contributed by atoms with Crippen molar-refractivity contribution < 1.29 is 9.47 Å². The molecule has 2 aliphatic heterocycles. The highest BCUT2D eigenvalue weighted by atomic mass is 32.1. The van der Waals surface area contributed by atoms with Crippen LogP contribution in [-0.4, -0.2) is 39.6 Å². The molecule has 0 aromatic carbocycles. The number of hydrogen-bond acceptors (Lipinski definition) is 7. The zero-order chi connectivity index (χ0) is 12.9. The van der Waals surface area contributed by atoms with E-state index in [1.54, 1.807) is 4.52 Å². The van der Waals surface area contributed by atoms with Crippen LogP contribution in [0.15, 0.2) is 0 Å². The summed E-state index contributed by atoms with van der Waals surface area (Å²) < 4.78 is 12.8. The van der Waals surface area contributed by atoms with Crippen LogP contribution in [0.1, 0.15) is 36.2 Å². The van der Waals surface area contributed by atoms with Crippen LogP contribution in [-0.2, 0) is 15.0 Å². The number of rotatable bonds is 2. The summed E-state index contributed by atoms with van der Waals surface area (Å²) in [6, 6.07) is 0. The van der Waals surface area contributed by atoms with E-state index in [0.29, 0.717) is 13.2 Å². The van der Waals surface area contributed by atoms with Crippen molar-refractivity contribution >= 4 is 16.3 Å². The van der Waals surface area contributed by atoms with Gasteiger partial charge in [-0.25, -0.2) is 0 Å². The van der Waals surface area contributed by atoms with Crippen molar-refractivity contribution in [3.63, 3.8) is 0 Å². The lowest BCUT2D eigenvalue weighted by Gasteiger charge is -2.17. The predicted octanol–water partition coefficient (Wildman–Crippen LogP) is 0.612. The zero-order valence-electron chi connectivity index (χ0n) is 10.4. The van der Waals surface area contributed by atoms with Gasteiger partial charge in [-0.05, 0) is 19.3 Å². The largest absolute Gasteiger partial charge is 0.379 e. The van der Waals surface area contributed by atoms with Gasteiger partial charge >= 0.3 is 0 Å². The fourth-order valence-electron chi connectivity index (χ4n) is 2.56. The Hall–Kier alpha value is -1.09. The van der Waals surface area contributed by atoms with E-state index in [1.165, 1.54) is 11.3 Å². The minimum Gasteiger partial charge on any atom is -0.379 e. The van der Waals surface area contributed by atoms with E-state index in [2.05, 4.69) is 15.3 Å². The van der Waals surface area contributed by atoms with Crippen molar-refractivity contribution in [2.75, 3.05) is 19.8 Å². The molecule has 19 heavy (non-hydrogen) atoms. The molecule has 2 atom stereocenters. The number of nitrogens with zero attached hydrogens (tertiary/aromatic N) is 4. The average molecular weight is 281 g/mol. The second-order valence-electron chi connectivity index (χ2n) is 5.12. The maximum absolute atomic E-state index is 6.34. The van der Waals surface area contributed by atoms with E-state index in [1.807, 2.05) is 0 Å². The van der Waals surface area contributed by atoms with E-state index in [9.17, 15) is 0 Å². The molecule has 0 amide bonds. The highest BCUT2D eigenvalue weighted by Crippen LogP contribution is 2.33. The Kier molecular flexibility index (Phi) is 2.59. The van der Waals surface area contributed by atoms with Crippen LogP contribution in [0, 0.1) is 0 Å². The molecule has 2 saturated heterocycles. The van der Waals surface area contributed by atoms with Crippen LogP contribution in [0.3, 0.4) is 0 Å². The molecule has 102 valence electrons. The second-order valence-corrected chi connectivity index (χ2v) is 6.08. The smallest absolute Gasteiger partial charge is 0.234 e. The number of ether oxygens (including phenoxy) is 2. The van der Waals surface area contributed by atoms with Crippen molar-refractivity contribution in [2.45, 2.75) is 30.9 Å². The van der Waals surface area contributed by atoms with Crippen LogP contribution in [0.4, 0.5) is 0 Å². The first-order valence-corrected chi connectivity index (χ1v) is 7.29. The molecule has 2 N–H and O–H groups in total. The molecule has 0 spiro atoms. The van der Waals surface area contributed by atoms with Crippen LogP contribution >= 0.6 is 11.3 Å². The molecular weight excluding hydrogens is 266 g/mol. The summed E-state index contributed by atoms with van der Waals surface area (Å²) in [4.78, 5) is 0.775. The van der Waals surface area contributed by atoms with Gasteiger partial charge in [0, 0.05) is 13.2 Å². The van der Waals surface area contributed by atoms with E-state index in [-0.39, 0.29) is 6.10 Å². The Morgan fingerprint density at radius 1 is 1.37 bits per heavy atom. The normalized spacial score (nSPS) is 31.5. The number of aromatic nitrogens is 4. The highest BCUT2D eigenvalue weighted by molar-refractivity contribution is 7.16. The zero-order valence-corrected chi connectivity index (χ0v) is 11.2. The minimum absolute atomic E-state index is 0.0125. The molecule has 0 saturated carbocycles. The maximum atomic E-state index is 6.34. The monoisotopic (exact) mass is 281 g/mol. The molecule has 0 aliphatic carbocycles. The van der Waals surface area contributed by atoms with E-state index in [0.717, 1.165) is 41.7 Å². The van der Waals surface area contributed by atoms with Crippen molar-refractivity contribution in [3.8, 4) is 0 Å². The maximum Gasteiger partial charge on any atom is 0.234 e. The van der Waals surface area contributed by atoms with Gasteiger partial charge in [-0.1, -0.05) is 11.3 Å². The second kappa shape index (κ2) is 4.20. The van der Waals surface area contributed by atoms with Gasteiger partial charge in [-0.15, -0.1) is 10.2 Å². The number of fused-ring (bicyclic) bond motifs is 1. The number of hydrogen-bond donors (Lipinski definition) is 1. The van der Waals surface area contributed by atoms with Gasteiger partial charge in [0.1, 0.15) is 11.1 Å². The van der Waals surface area contributed by atoms with Gasteiger partial charge in [-0.3, -0.25) is 0 Å². The van der Waals surface area contributed by atoms with Crippen LogP contribution < -0.4 is 5.73 Å². The fourth-order valence-corrected chi connectivity index (χ4v) is 3.53. The first-order valence-electron chi connectivity index (χ1n) is 6.47. The Morgan fingerprint density at radius 2 is 2.32 bits per heavy atom. The highest BCUT2D eigenvalue weighted by Gasteiger charge is 2.37. The lowest BCUT2D eigenvalue weighted by Crippen LogP contribution is -2.37. The Balaban J connectivity index is 1.75. The quantitative estimate of drug-likeness (QED) is 0.868. The summed E-state index contributed by atoms with van der Waals surface area (Å²) in [6.45, 7) is 1.99. The molecule has 2 unspecified atom stereocenters. The lowest BCUT2D eigenvalue weighted by atomic mass is 10.0. The predicted molar refractivity (Wildman–Crippen MR) is 67.9 cm³/mol.